The van der Waals surface area contributed by atoms with Crippen molar-refractivity contribution in [1.29, 1.82) is 0 Å². The van der Waals surface area contributed by atoms with Crippen molar-refractivity contribution in [3.8, 4) is 16.9 Å². The van der Waals surface area contributed by atoms with Gasteiger partial charge in [-0.3, -0.25) is 0 Å². The second-order valence-electron chi connectivity index (χ2n) is 3.70. The van der Waals surface area contributed by atoms with Crippen LogP contribution in [0, 0.1) is 5.82 Å². The molecule has 0 aromatic heterocycles. The van der Waals surface area contributed by atoms with Crippen LogP contribution in [0.15, 0.2) is 42.5 Å². The fourth-order valence-electron chi connectivity index (χ4n) is 1.70. The number of hydrogen-bond acceptors (Lipinski definition) is 1. The van der Waals surface area contributed by atoms with Crippen LogP contribution in [0.4, 0.5) is 17.6 Å². The molecule has 94 valence electrons. The summed E-state index contributed by atoms with van der Waals surface area (Å²) in [5.74, 6) is -1.04. The van der Waals surface area contributed by atoms with Crippen molar-refractivity contribution in [2.24, 2.45) is 0 Å². The van der Waals surface area contributed by atoms with Crippen LogP contribution in [-0.4, -0.2) is 5.11 Å². The molecule has 0 unspecified atom stereocenters. The first kappa shape index (κ1) is 12.4. The van der Waals surface area contributed by atoms with E-state index in [9.17, 15) is 22.7 Å². The number of alkyl halides is 3. The van der Waals surface area contributed by atoms with Gasteiger partial charge in [-0.1, -0.05) is 18.2 Å². The standard InChI is InChI=1S/C13H8F4O/c14-9-6-4-8(5-7-9)12-10(13(15,16)17)2-1-3-11(12)18/h1-7,18H. The van der Waals surface area contributed by atoms with Gasteiger partial charge in [0.15, 0.2) is 0 Å². The number of halogens is 4. The second-order valence-corrected chi connectivity index (χ2v) is 3.70. The molecule has 1 N–H and O–H groups in total. The van der Waals surface area contributed by atoms with E-state index in [0.29, 0.717) is 0 Å². The molecule has 1 nitrogen and oxygen atoms in total. The SMILES string of the molecule is Oc1cccc(C(F)(F)F)c1-c1ccc(F)cc1. The van der Waals surface area contributed by atoms with Crippen LogP contribution < -0.4 is 0 Å². The maximum atomic E-state index is 12.8. The van der Waals surface area contributed by atoms with E-state index in [-0.39, 0.29) is 11.1 Å². The molecule has 18 heavy (non-hydrogen) atoms. The predicted molar refractivity (Wildman–Crippen MR) is 58.5 cm³/mol. The summed E-state index contributed by atoms with van der Waals surface area (Å²) in [6.07, 6.45) is -4.58. The fraction of sp³-hybridized carbons (Fsp3) is 0.0769. The number of benzene rings is 2. The summed E-state index contributed by atoms with van der Waals surface area (Å²) >= 11 is 0. The fourth-order valence-corrected chi connectivity index (χ4v) is 1.70. The maximum Gasteiger partial charge on any atom is 0.417 e. The van der Waals surface area contributed by atoms with Gasteiger partial charge in [-0.25, -0.2) is 4.39 Å². The van der Waals surface area contributed by atoms with Gasteiger partial charge in [0.1, 0.15) is 11.6 Å². The highest BCUT2D eigenvalue weighted by molar-refractivity contribution is 5.74. The first-order chi connectivity index (χ1) is 8.39. The Hall–Kier alpha value is -2.04. The van der Waals surface area contributed by atoms with Crippen LogP contribution >= 0.6 is 0 Å². The molecule has 0 saturated carbocycles. The summed E-state index contributed by atoms with van der Waals surface area (Å²) < 4.78 is 51.2. The molecule has 0 atom stereocenters. The molecule has 0 bridgehead atoms. The van der Waals surface area contributed by atoms with Gasteiger partial charge in [0, 0.05) is 5.56 Å². The number of hydrogen-bond donors (Lipinski definition) is 1. The summed E-state index contributed by atoms with van der Waals surface area (Å²) in [4.78, 5) is 0. The minimum Gasteiger partial charge on any atom is -0.507 e. The third kappa shape index (κ3) is 2.30. The van der Waals surface area contributed by atoms with Crippen LogP contribution in [0.3, 0.4) is 0 Å². The number of rotatable bonds is 1. The van der Waals surface area contributed by atoms with Gasteiger partial charge in [0.25, 0.3) is 0 Å². The number of aromatic hydroxyl groups is 1. The normalized spacial score (nSPS) is 11.6. The average Bonchev–Trinajstić information content (AvgIpc) is 2.29. The molecule has 0 aliphatic heterocycles. The van der Waals surface area contributed by atoms with Gasteiger partial charge in [0.05, 0.1) is 5.56 Å². The van der Waals surface area contributed by atoms with Crippen LogP contribution in [0.25, 0.3) is 11.1 Å². The zero-order chi connectivity index (χ0) is 13.3. The van der Waals surface area contributed by atoms with Gasteiger partial charge >= 0.3 is 6.18 Å². The first-order valence-corrected chi connectivity index (χ1v) is 5.04. The van der Waals surface area contributed by atoms with Crippen molar-refractivity contribution < 1.29 is 22.7 Å². The van der Waals surface area contributed by atoms with E-state index in [2.05, 4.69) is 0 Å². The van der Waals surface area contributed by atoms with Gasteiger partial charge < -0.3 is 5.11 Å². The summed E-state index contributed by atoms with van der Waals surface area (Å²) in [6.45, 7) is 0. The average molecular weight is 256 g/mol. The van der Waals surface area contributed by atoms with Crippen LogP contribution in [0.2, 0.25) is 0 Å². The lowest BCUT2D eigenvalue weighted by molar-refractivity contribution is -0.137. The third-order valence-corrected chi connectivity index (χ3v) is 2.48. The lowest BCUT2D eigenvalue weighted by atomic mass is 9.98. The van der Waals surface area contributed by atoms with E-state index in [1.807, 2.05) is 0 Å². The molecule has 0 fully saturated rings. The molecule has 2 aromatic carbocycles. The molecular weight excluding hydrogens is 248 g/mol. The molecule has 2 aromatic rings. The van der Waals surface area contributed by atoms with E-state index in [1.54, 1.807) is 0 Å². The van der Waals surface area contributed by atoms with Crippen LogP contribution in [-0.2, 0) is 6.18 Å². The lowest BCUT2D eigenvalue weighted by Crippen LogP contribution is -2.07. The van der Waals surface area contributed by atoms with Crippen molar-refractivity contribution in [3.05, 3.63) is 53.8 Å². The Bertz CT molecular complexity index is 558. The zero-order valence-electron chi connectivity index (χ0n) is 9.00. The van der Waals surface area contributed by atoms with Crippen molar-refractivity contribution in [2.75, 3.05) is 0 Å². The summed E-state index contributed by atoms with van der Waals surface area (Å²) in [5.41, 5.74) is -1.18. The minimum absolute atomic E-state index is 0.113. The maximum absolute atomic E-state index is 12.8. The van der Waals surface area contributed by atoms with Crippen molar-refractivity contribution in [2.45, 2.75) is 6.18 Å². The molecule has 0 spiro atoms. The Labute approximate surface area is 100 Å². The lowest BCUT2D eigenvalue weighted by Gasteiger charge is -2.14. The number of phenols is 1. The Kier molecular flexibility index (Phi) is 2.98. The van der Waals surface area contributed by atoms with Gasteiger partial charge in [0.2, 0.25) is 0 Å². The molecule has 0 aliphatic rings. The first-order valence-electron chi connectivity index (χ1n) is 5.04. The molecule has 0 amide bonds. The van der Waals surface area contributed by atoms with E-state index in [1.165, 1.54) is 12.1 Å². The molecule has 0 saturated heterocycles. The smallest absolute Gasteiger partial charge is 0.417 e. The summed E-state index contributed by atoms with van der Waals surface area (Å²) in [5, 5.41) is 9.58. The van der Waals surface area contributed by atoms with Crippen molar-refractivity contribution >= 4 is 0 Å². The molecule has 5 heteroatoms. The quantitative estimate of drug-likeness (QED) is 0.757. The molecule has 0 aliphatic carbocycles. The van der Waals surface area contributed by atoms with Gasteiger partial charge in [-0.2, -0.15) is 13.2 Å². The third-order valence-electron chi connectivity index (χ3n) is 2.48. The van der Waals surface area contributed by atoms with Crippen molar-refractivity contribution in [1.82, 2.24) is 0 Å². The van der Waals surface area contributed by atoms with Crippen LogP contribution in [0.1, 0.15) is 5.56 Å². The Balaban J connectivity index is 2.66. The van der Waals surface area contributed by atoms with E-state index < -0.39 is 23.3 Å². The Morgan fingerprint density at radius 2 is 1.50 bits per heavy atom. The van der Waals surface area contributed by atoms with E-state index in [4.69, 9.17) is 0 Å². The minimum atomic E-state index is -4.58. The topological polar surface area (TPSA) is 20.2 Å². The van der Waals surface area contributed by atoms with E-state index >= 15 is 0 Å². The summed E-state index contributed by atoms with van der Waals surface area (Å²) in [6, 6.07) is 7.63. The highest BCUT2D eigenvalue weighted by atomic mass is 19.4. The Morgan fingerprint density at radius 3 is 2.06 bits per heavy atom. The second kappa shape index (κ2) is 4.33. The molecular formula is C13H8F4O. The van der Waals surface area contributed by atoms with Gasteiger partial charge in [-0.15, -0.1) is 0 Å². The largest absolute Gasteiger partial charge is 0.507 e. The molecule has 2 rings (SSSR count). The van der Waals surface area contributed by atoms with E-state index in [0.717, 1.165) is 30.3 Å². The highest BCUT2D eigenvalue weighted by Crippen LogP contribution is 2.41. The summed E-state index contributed by atoms with van der Waals surface area (Å²) in [7, 11) is 0. The Morgan fingerprint density at radius 1 is 0.889 bits per heavy atom. The predicted octanol–water partition coefficient (Wildman–Crippen LogP) is 4.22. The highest BCUT2D eigenvalue weighted by Gasteiger charge is 2.34. The van der Waals surface area contributed by atoms with Crippen molar-refractivity contribution in [3.63, 3.8) is 0 Å². The van der Waals surface area contributed by atoms with Crippen LogP contribution in [0.5, 0.6) is 5.75 Å². The molecule has 0 heterocycles. The number of phenolic OH excluding ortho intramolecular Hbond substituents is 1. The molecule has 0 radical (unpaired) electrons. The zero-order valence-corrected chi connectivity index (χ0v) is 9.00. The monoisotopic (exact) mass is 256 g/mol. The van der Waals surface area contributed by atoms with Gasteiger partial charge in [-0.05, 0) is 29.8 Å².